The van der Waals surface area contributed by atoms with E-state index in [0.29, 0.717) is 15.2 Å². The monoisotopic (exact) mass is 370 g/mol. The van der Waals surface area contributed by atoms with E-state index in [0.717, 1.165) is 6.07 Å². The van der Waals surface area contributed by atoms with E-state index in [9.17, 15) is 20.0 Å². The van der Waals surface area contributed by atoms with Gasteiger partial charge in [0.2, 0.25) is 5.75 Å². The molecule has 2 N–H and O–H groups in total. The number of nitro groups is 1. The number of nitrogens with zero attached hydrogens (tertiary/aromatic N) is 1. The third-order valence-corrected chi connectivity index (χ3v) is 3.31. The molecule has 0 atom stereocenters. The highest BCUT2D eigenvalue weighted by molar-refractivity contribution is 9.10. The van der Waals surface area contributed by atoms with Gasteiger partial charge >= 0.3 is 5.69 Å². The van der Waals surface area contributed by atoms with Crippen LogP contribution in [-0.4, -0.2) is 15.9 Å². The van der Waals surface area contributed by atoms with Crippen LogP contribution in [0.5, 0.6) is 5.75 Å². The van der Waals surface area contributed by atoms with E-state index < -0.39 is 22.3 Å². The van der Waals surface area contributed by atoms with Crippen LogP contribution in [0.4, 0.5) is 11.4 Å². The third-order valence-electron chi connectivity index (χ3n) is 2.60. The molecule has 0 saturated heterocycles. The number of nitro benzene ring substituents is 1. The first-order valence-corrected chi connectivity index (χ1v) is 6.79. The van der Waals surface area contributed by atoms with Gasteiger partial charge in [0.25, 0.3) is 5.91 Å². The van der Waals surface area contributed by atoms with Crippen molar-refractivity contribution in [3.8, 4) is 5.75 Å². The van der Waals surface area contributed by atoms with Crippen molar-refractivity contribution < 1.29 is 14.8 Å². The summed E-state index contributed by atoms with van der Waals surface area (Å²) in [7, 11) is 0. The molecule has 0 aliphatic carbocycles. The highest BCUT2D eigenvalue weighted by atomic mass is 79.9. The molecule has 0 aliphatic rings. The van der Waals surface area contributed by atoms with E-state index in [4.69, 9.17) is 11.6 Å². The first-order valence-electron chi connectivity index (χ1n) is 5.62. The van der Waals surface area contributed by atoms with Gasteiger partial charge in [-0.1, -0.05) is 27.5 Å². The zero-order valence-corrected chi connectivity index (χ0v) is 12.7. The fourth-order valence-corrected chi connectivity index (χ4v) is 2.20. The molecule has 0 bridgehead atoms. The number of hydrogen-bond acceptors (Lipinski definition) is 4. The minimum atomic E-state index is -0.765. The van der Waals surface area contributed by atoms with Crippen molar-refractivity contribution in [1.82, 2.24) is 0 Å². The number of phenols is 1. The molecule has 1 amide bonds. The fraction of sp³-hybridized carbons (Fsp3) is 0. The summed E-state index contributed by atoms with van der Waals surface area (Å²) in [6, 6.07) is 8.73. The molecule has 21 heavy (non-hydrogen) atoms. The molecule has 2 aromatic rings. The number of halogens is 2. The first kappa shape index (κ1) is 15.3. The number of carbonyl (C=O) groups excluding carboxylic acids is 1. The zero-order valence-electron chi connectivity index (χ0n) is 10.3. The standard InChI is InChI=1S/C13H8BrClN2O4/c14-7-5-10(12(18)11(6-7)17(20)21)13(19)16-9-3-1-8(15)2-4-9/h1-6,18H,(H,16,19). The van der Waals surface area contributed by atoms with Gasteiger partial charge in [0.05, 0.1) is 10.5 Å². The number of amides is 1. The minimum absolute atomic E-state index is 0.203. The Hall–Kier alpha value is -2.12. The van der Waals surface area contributed by atoms with Crippen molar-refractivity contribution >= 4 is 44.8 Å². The molecule has 0 aromatic heterocycles. The quantitative estimate of drug-likeness (QED) is 0.631. The van der Waals surface area contributed by atoms with Gasteiger partial charge in [-0.15, -0.1) is 0 Å². The van der Waals surface area contributed by atoms with Crippen LogP contribution in [0.1, 0.15) is 10.4 Å². The molecule has 0 saturated carbocycles. The van der Waals surface area contributed by atoms with Gasteiger partial charge in [0, 0.05) is 21.2 Å². The van der Waals surface area contributed by atoms with Crippen molar-refractivity contribution in [2.45, 2.75) is 0 Å². The average molecular weight is 372 g/mol. The molecule has 8 heteroatoms. The molecule has 6 nitrogen and oxygen atoms in total. The van der Waals surface area contributed by atoms with Crippen LogP contribution in [0.2, 0.25) is 5.02 Å². The lowest BCUT2D eigenvalue weighted by Crippen LogP contribution is -2.12. The molecule has 0 fully saturated rings. The Morgan fingerprint density at radius 1 is 1.29 bits per heavy atom. The predicted molar refractivity (Wildman–Crippen MR) is 81.9 cm³/mol. The van der Waals surface area contributed by atoms with Gasteiger partial charge in [-0.2, -0.15) is 0 Å². The largest absolute Gasteiger partial charge is 0.502 e. The maximum Gasteiger partial charge on any atom is 0.312 e. The summed E-state index contributed by atoms with van der Waals surface area (Å²) in [5, 5.41) is 23.7. The van der Waals surface area contributed by atoms with Gasteiger partial charge < -0.3 is 10.4 Å². The highest BCUT2D eigenvalue weighted by Gasteiger charge is 2.22. The maximum atomic E-state index is 12.1. The fourth-order valence-electron chi connectivity index (χ4n) is 1.63. The summed E-state index contributed by atoms with van der Waals surface area (Å²) in [5.41, 5.74) is -0.303. The highest BCUT2D eigenvalue weighted by Crippen LogP contribution is 2.33. The number of benzene rings is 2. The van der Waals surface area contributed by atoms with Gasteiger partial charge in [-0.3, -0.25) is 14.9 Å². The summed E-state index contributed by atoms with van der Waals surface area (Å²) in [5.74, 6) is -1.35. The summed E-state index contributed by atoms with van der Waals surface area (Å²) in [6.45, 7) is 0. The lowest BCUT2D eigenvalue weighted by atomic mass is 10.1. The van der Waals surface area contributed by atoms with Crippen LogP contribution in [0.15, 0.2) is 40.9 Å². The summed E-state index contributed by atoms with van der Waals surface area (Å²) >= 11 is 8.80. The van der Waals surface area contributed by atoms with Crippen LogP contribution < -0.4 is 5.32 Å². The first-order chi connectivity index (χ1) is 9.88. The molecule has 0 unspecified atom stereocenters. The molecule has 0 heterocycles. The van der Waals surface area contributed by atoms with Crippen molar-refractivity contribution in [1.29, 1.82) is 0 Å². The molecule has 0 spiro atoms. The molecular formula is C13H8BrClN2O4. The normalized spacial score (nSPS) is 10.2. The number of carbonyl (C=O) groups is 1. The second kappa shape index (κ2) is 6.11. The van der Waals surface area contributed by atoms with Crippen molar-refractivity contribution in [3.05, 3.63) is 61.6 Å². The van der Waals surface area contributed by atoms with Crippen LogP contribution in [0.3, 0.4) is 0 Å². The molecule has 2 aromatic carbocycles. The van der Waals surface area contributed by atoms with E-state index in [2.05, 4.69) is 21.2 Å². The average Bonchev–Trinajstić information content (AvgIpc) is 2.43. The van der Waals surface area contributed by atoms with E-state index in [-0.39, 0.29) is 5.56 Å². The molecule has 2 rings (SSSR count). The Morgan fingerprint density at radius 3 is 2.48 bits per heavy atom. The van der Waals surface area contributed by atoms with Gasteiger partial charge in [-0.25, -0.2) is 0 Å². The Balaban J connectivity index is 2.35. The smallest absolute Gasteiger partial charge is 0.312 e. The number of phenolic OH excluding ortho intramolecular Hbond substituents is 1. The molecule has 108 valence electrons. The lowest BCUT2D eigenvalue weighted by Gasteiger charge is -2.08. The molecule has 0 aliphatic heterocycles. The van der Waals surface area contributed by atoms with Crippen molar-refractivity contribution in [2.75, 3.05) is 5.32 Å². The van der Waals surface area contributed by atoms with E-state index in [1.807, 2.05) is 0 Å². The van der Waals surface area contributed by atoms with E-state index in [1.54, 1.807) is 24.3 Å². The second-order valence-electron chi connectivity index (χ2n) is 4.04. The van der Waals surface area contributed by atoms with Crippen molar-refractivity contribution in [3.63, 3.8) is 0 Å². The second-order valence-corrected chi connectivity index (χ2v) is 5.39. The van der Waals surface area contributed by atoms with Crippen LogP contribution >= 0.6 is 27.5 Å². The van der Waals surface area contributed by atoms with Crippen LogP contribution in [0, 0.1) is 10.1 Å². The van der Waals surface area contributed by atoms with Crippen LogP contribution in [-0.2, 0) is 0 Å². The Morgan fingerprint density at radius 2 is 1.90 bits per heavy atom. The number of aromatic hydroxyl groups is 1. The zero-order chi connectivity index (χ0) is 15.6. The van der Waals surface area contributed by atoms with E-state index in [1.165, 1.54) is 6.07 Å². The Kier molecular flexibility index (Phi) is 4.44. The van der Waals surface area contributed by atoms with E-state index >= 15 is 0 Å². The minimum Gasteiger partial charge on any atom is -0.502 e. The predicted octanol–water partition coefficient (Wildman–Crippen LogP) is 3.97. The number of nitrogens with one attached hydrogen (secondary N) is 1. The topological polar surface area (TPSA) is 92.5 Å². The SMILES string of the molecule is O=C(Nc1ccc(Cl)cc1)c1cc(Br)cc([N+](=O)[O-])c1O. The Labute approximate surface area is 132 Å². The van der Waals surface area contributed by atoms with Gasteiger partial charge in [-0.05, 0) is 30.3 Å². The summed E-state index contributed by atoms with van der Waals surface area (Å²) < 4.78 is 0.313. The maximum absolute atomic E-state index is 12.1. The van der Waals surface area contributed by atoms with Gasteiger partial charge in [0.15, 0.2) is 0 Å². The molecule has 0 radical (unpaired) electrons. The number of hydrogen-bond donors (Lipinski definition) is 2. The third kappa shape index (κ3) is 3.50. The van der Waals surface area contributed by atoms with Gasteiger partial charge in [0.1, 0.15) is 0 Å². The lowest BCUT2D eigenvalue weighted by molar-refractivity contribution is -0.386. The number of anilines is 1. The van der Waals surface area contributed by atoms with Crippen molar-refractivity contribution in [2.24, 2.45) is 0 Å². The molecular weight excluding hydrogens is 364 g/mol. The van der Waals surface area contributed by atoms with Crippen LogP contribution in [0.25, 0.3) is 0 Å². The number of rotatable bonds is 3. The summed E-state index contributed by atoms with van der Waals surface area (Å²) in [6.07, 6.45) is 0. The summed E-state index contributed by atoms with van der Waals surface area (Å²) in [4.78, 5) is 22.2. The Bertz CT molecular complexity index is 719.